The monoisotopic (exact) mass is 299 g/mol. The van der Waals surface area contributed by atoms with Crippen molar-refractivity contribution >= 4 is 11.9 Å². The first-order valence-corrected chi connectivity index (χ1v) is 7.49. The van der Waals surface area contributed by atoms with Gasteiger partial charge in [-0.3, -0.25) is 9.59 Å². The molecule has 5 heteroatoms. The molecule has 3 heterocycles. The molecule has 1 aromatic carbocycles. The maximum Gasteiger partial charge on any atom is 0.310 e. The molecule has 1 spiro atoms. The van der Waals surface area contributed by atoms with Crippen LogP contribution in [-0.2, 0) is 14.3 Å². The molecule has 2 fully saturated rings. The molecule has 1 N–H and O–H groups in total. The number of likely N-dealkylation sites (tertiary alicyclic amines) is 1. The molecule has 0 radical (unpaired) electrons. The number of carbonyl (C=O) groups excluding carboxylic acids is 1. The highest BCUT2D eigenvalue weighted by Crippen LogP contribution is 2.53. The molecule has 1 aromatic rings. The average Bonchev–Trinajstić information content (AvgIpc) is 3.15. The Morgan fingerprint density at radius 3 is 2.82 bits per heavy atom. The fourth-order valence-electron chi connectivity index (χ4n) is 4.05. The molecule has 2 bridgehead atoms. The predicted octanol–water partition coefficient (Wildman–Crippen LogP) is 1.61. The van der Waals surface area contributed by atoms with Crippen molar-refractivity contribution in [3.63, 3.8) is 0 Å². The Morgan fingerprint density at radius 2 is 2.14 bits per heavy atom. The minimum absolute atomic E-state index is 0.0980. The zero-order valence-corrected chi connectivity index (χ0v) is 12.2. The summed E-state index contributed by atoms with van der Waals surface area (Å²) in [6.45, 7) is 2.39. The largest absolute Gasteiger partial charge is 0.481 e. The zero-order valence-electron chi connectivity index (χ0n) is 12.2. The lowest BCUT2D eigenvalue weighted by atomic mass is 9.77. The number of carboxylic acid groups (broad SMARTS) is 1. The Labute approximate surface area is 128 Å². The molecule has 3 aliphatic heterocycles. The third kappa shape index (κ3) is 1.63. The van der Waals surface area contributed by atoms with Crippen LogP contribution in [0.15, 0.2) is 42.5 Å². The molecule has 3 aliphatic rings. The number of amides is 1. The van der Waals surface area contributed by atoms with Gasteiger partial charge >= 0.3 is 5.97 Å². The van der Waals surface area contributed by atoms with Gasteiger partial charge in [0.15, 0.2) is 0 Å². The second kappa shape index (κ2) is 4.43. The summed E-state index contributed by atoms with van der Waals surface area (Å²) in [6.07, 6.45) is 3.21. The van der Waals surface area contributed by atoms with Gasteiger partial charge < -0.3 is 14.7 Å². The van der Waals surface area contributed by atoms with Crippen LogP contribution in [0.2, 0.25) is 0 Å². The van der Waals surface area contributed by atoms with E-state index in [0.717, 1.165) is 5.56 Å². The normalized spacial score (nSPS) is 36.7. The number of hydrogen-bond donors (Lipinski definition) is 1. The fraction of sp³-hybridized carbons (Fsp3) is 0.412. The highest BCUT2D eigenvalue weighted by molar-refractivity contribution is 5.91. The summed E-state index contributed by atoms with van der Waals surface area (Å²) in [5, 5.41) is 9.45. The molecular formula is C17H17NO4. The first kappa shape index (κ1) is 13.5. The minimum Gasteiger partial charge on any atom is -0.481 e. The average molecular weight is 299 g/mol. The SMILES string of the molecule is C[C@@H](c1ccccc1)N1C[C@]23C=C[C@@H](O2)[C@@H](C(=O)O)[C@@H]3C1=O. The number of nitrogens with zero attached hydrogens (tertiary/aromatic N) is 1. The Balaban J connectivity index is 1.68. The van der Waals surface area contributed by atoms with E-state index in [2.05, 4.69) is 0 Å². The van der Waals surface area contributed by atoms with Crippen LogP contribution in [0.3, 0.4) is 0 Å². The number of hydrogen-bond acceptors (Lipinski definition) is 3. The number of rotatable bonds is 3. The van der Waals surface area contributed by atoms with Gasteiger partial charge in [-0.15, -0.1) is 0 Å². The minimum atomic E-state index is -0.955. The number of ether oxygens (including phenoxy) is 1. The summed E-state index contributed by atoms with van der Waals surface area (Å²) in [5.74, 6) is -2.45. The molecule has 22 heavy (non-hydrogen) atoms. The van der Waals surface area contributed by atoms with Crippen molar-refractivity contribution in [3.05, 3.63) is 48.0 Å². The van der Waals surface area contributed by atoms with Crippen LogP contribution >= 0.6 is 0 Å². The van der Waals surface area contributed by atoms with E-state index in [9.17, 15) is 14.7 Å². The van der Waals surface area contributed by atoms with Crippen LogP contribution in [-0.4, -0.2) is 40.1 Å². The van der Waals surface area contributed by atoms with Crippen molar-refractivity contribution < 1.29 is 19.4 Å². The zero-order chi connectivity index (χ0) is 15.5. The number of carbonyl (C=O) groups is 2. The van der Waals surface area contributed by atoms with Gasteiger partial charge in [0.25, 0.3) is 0 Å². The van der Waals surface area contributed by atoms with Crippen LogP contribution in [0.25, 0.3) is 0 Å². The lowest BCUT2D eigenvalue weighted by Crippen LogP contribution is -2.39. The van der Waals surface area contributed by atoms with Crippen molar-refractivity contribution in [1.82, 2.24) is 4.90 Å². The van der Waals surface area contributed by atoms with Gasteiger partial charge in [0.1, 0.15) is 11.5 Å². The van der Waals surface area contributed by atoms with Gasteiger partial charge in [-0.05, 0) is 12.5 Å². The lowest BCUT2D eigenvalue weighted by Gasteiger charge is -2.27. The van der Waals surface area contributed by atoms with E-state index < -0.39 is 29.5 Å². The maximum absolute atomic E-state index is 12.8. The number of carboxylic acids is 1. The first-order chi connectivity index (χ1) is 10.5. The van der Waals surface area contributed by atoms with Crippen LogP contribution in [0, 0.1) is 11.8 Å². The van der Waals surface area contributed by atoms with Crippen LogP contribution in [0.5, 0.6) is 0 Å². The topological polar surface area (TPSA) is 66.8 Å². The summed E-state index contributed by atoms with van der Waals surface area (Å²) >= 11 is 0. The van der Waals surface area contributed by atoms with Crippen LogP contribution in [0.4, 0.5) is 0 Å². The Hall–Kier alpha value is -2.14. The van der Waals surface area contributed by atoms with E-state index in [0.29, 0.717) is 6.54 Å². The molecular weight excluding hydrogens is 282 g/mol. The maximum atomic E-state index is 12.8. The van der Waals surface area contributed by atoms with E-state index in [1.54, 1.807) is 11.0 Å². The van der Waals surface area contributed by atoms with Crippen LogP contribution in [0.1, 0.15) is 18.5 Å². The molecule has 0 aliphatic carbocycles. The van der Waals surface area contributed by atoms with Gasteiger partial charge in [0.2, 0.25) is 5.91 Å². The van der Waals surface area contributed by atoms with E-state index >= 15 is 0 Å². The molecule has 4 rings (SSSR count). The summed E-state index contributed by atoms with van der Waals surface area (Å²) in [5.41, 5.74) is 0.283. The Kier molecular flexibility index (Phi) is 2.72. The van der Waals surface area contributed by atoms with Gasteiger partial charge in [-0.25, -0.2) is 0 Å². The molecule has 0 saturated carbocycles. The molecule has 2 saturated heterocycles. The number of fused-ring (bicyclic) bond motifs is 1. The second-order valence-corrected chi connectivity index (χ2v) is 6.29. The number of benzene rings is 1. The van der Waals surface area contributed by atoms with Crippen molar-refractivity contribution in [2.45, 2.75) is 24.7 Å². The summed E-state index contributed by atoms with van der Waals surface area (Å²) in [4.78, 5) is 26.1. The van der Waals surface area contributed by atoms with Crippen molar-refractivity contribution in [1.29, 1.82) is 0 Å². The highest BCUT2D eigenvalue weighted by Gasteiger charge is 2.67. The van der Waals surface area contributed by atoms with Crippen LogP contribution < -0.4 is 0 Å². The van der Waals surface area contributed by atoms with Gasteiger partial charge in [0.05, 0.1) is 24.6 Å². The molecule has 5 nitrogen and oxygen atoms in total. The molecule has 0 aromatic heterocycles. The second-order valence-electron chi connectivity index (χ2n) is 6.29. The third-order valence-electron chi connectivity index (χ3n) is 5.16. The van der Waals surface area contributed by atoms with Crippen molar-refractivity contribution in [2.75, 3.05) is 6.54 Å². The first-order valence-electron chi connectivity index (χ1n) is 7.49. The molecule has 5 atom stereocenters. The summed E-state index contributed by atoms with van der Waals surface area (Å²) in [7, 11) is 0. The molecule has 0 unspecified atom stereocenters. The predicted molar refractivity (Wildman–Crippen MR) is 77.9 cm³/mol. The molecule has 1 amide bonds. The Morgan fingerprint density at radius 1 is 1.41 bits per heavy atom. The van der Waals surface area contributed by atoms with E-state index in [1.165, 1.54) is 0 Å². The van der Waals surface area contributed by atoms with Gasteiger partial charge in [0, 0.05) is 0 Å². The van der Waals surface area contributed by atoms with Gasteiger partial charge in [-0.2, -0.15) is 0 Å². The lowest BCUT2D eigenvalue weighted by molar-refractivity contribution is -0.148. The molecule has 114 valence electrons. The third-order valence-corrected chi connectivity index (χ3v) is 5.16. The van der Waals surface area contributed by atoms with E-state index in [4.69, 9.17) is 4.74 Å². The fourth-order valence-corrected chi connectivity index (χ4v) is 4.05. The summed E-state index contributed by atoms with van der Waals surface area (Å²) < 4.78 is 5.89. The quantitative estimate of drug-likeness (QED) is 0.861. The van der Waals surface area contributed by atoms with E-state index in [1.807, 2.05) is 43.3 Å². The van der Waals surface area contributed by atoms with E-state index in [-0.39, 0.29) is 11.9 Å². The van der Waals surface area contributed by atoms with Crippen molar-refractivity contribution in [2.24, 2.45) is 11.8 Å². The smallest absolute Gasteiger partial charge is 0.310 e. The van der Waals surface area contributed by atoms with Gasteiger partial charge in [-0.1, -0.05) is 42.5 Å². The standard InChI is InChI=1S/C17H17NO4/c1-10(11-5-3-2-4-6-11)18-9-17-8-7-12(22-17)13(16(20)21)14(17)15(18)19/h2-8,10,12-14H,9H2,1H3,(H,20,21)/t10-,12+,13+,14+,17-/m0/s1. The Bertz CT molecular complexity index is 670. The van der Waals surface area contributed by atoms with Crippen molar-refractivity contribution in [3.8, 4) is 0 Å². The number of aliphatic carboxylic acids is 1. The summed E-state index contributed by atoms with van der Waals surface area (Å²) in [6, 6.07) is 9.67. The highest BCUT2D eigenvalue weighted by atomic mass is 16.5.